The van der Waals surface area contributed by atoms with Crippen molar-refractivity contribution in [1.82, 2.24) is 25.4 Å². The maximum absolute atomic E-state index is 12.9. The number of hydrogen-bond donors (Lipinski definition) is 3. The van der Waals surface area contributed by atoms with Gasteiger partial charge in [-0.1, -0.05) is 11.6 Å². The van der Waals surface area contributed by atoms with Crippen molar-refractivity contribution in [3.8, 4) is 0 Å². The Kier molecular flexibility index (Phi) is 7.68. The topological polar surface area (TPSA) is 122 Å². The monoisotopic (exact) mass is 481 g/mol. The van der Waals surface area contributed by atoms with E-state index in [-0.39, 0.29) is 13.0 Å². The van der Waals surface area contributed by atoms with Crippen molar-refractivity contribution in [2.24, 2.45) is 0 Å². The summed E-state index contributed by atoms with van der Waals surface area (Å²) in [6.07, 6.45) is -5.20. The van der Waals surface area contributed by atoms with E-state index < -0.39 is 50.0 Å². The molecular formula is C17H19ClF3N5O4S. The molecule has 0 bridgehead atoms. The predicted octanol–water partition coefficient (Wildman–Crippen LogP) is 1.69. The van der Waals surface area contributed by atoms with Crippen LogP contribution in [0.2, 0.25) is 5.02 Å². The maximum atomic E-state index is 12.9. The fraction of sp³-hybridized carbons (Fsp3) is 0.353. The van der Waals surface area contributed by atoms with Crippen LogP contribution in [0.5, 0.6) is 0 Å². The van der Waals surface area contributed by atoms with E-state index >= 15 is 0 Å². The fourth-order valence-corrected chi connectivity index (χ4v) is 3.77. The van der Waals surface area contributed by atoms with Crippen molar-refractivity contribution in [2.75, 3.05) is 6.54 Å². The lowest BCUT2D eigenvalue weighted by Gasteiger charge is -2.12. The largest absolute Gasteiger partial charge is 0.417 e. The molecule has 0 saturated heterocycles. The van der Waals surface area contributed by atoms with Crippen LogP contribution in [0.1, 0.15) is 23.4 Å². The smallest absolute Gasteiger partial charge is 0.273 e. The van der Waals surface area contributed by atoms with Gasteiger partial charge in [-0.2, -0.15) is 18.3 Å². The number of nitrogens with zero attached hydrogens (tertiary/aromatic N) is 2. The number of hydrogen-bond acceptors (Lipinski definition) is 5. The molecular weight excluding hydrogens is 463 g/mol. The molecule has 31 heavy (non-hydrogen) atoms. The van der Waals surface area contributed by atoms with Gasteiger partial charge in [-0.15, -0.1) is 0 Å². The van der Waals surface area contributed by atoms with Gasteiger partial charge in [0.2, 0.25) is 15.9 Å². The molecule has 1 heterocycles. The molecule has 0 aliphatic rings. The van der Waals surface area contributed by atoms with Gasteiger partial charge in [-0.05, 0) is 38.1 Å². The van der Waals surface area contributed by atoms with Crippen LogP contribution in [0.4, 0.5) is 13.2 Å². The molecule has 0 radical (unpaired) electrons. The third-order valence-corrected chi connectivity index (χ3v) is 5.72. The molecule has 14 heteroatoms. The van der Waals surface area contributed by atoms with Crippen LogP contribution in [0.3, 0.4) is 0 Å². The molecule has 0 saturated carbocycles. The molecule has 2 amide bonds. The van der Waals surface area contributed by atoms with E-state index in [2.05, 4.69) is 16.0 Å². The van der Waals surface area contributed by atoms with Crippen molar-refractivity contribution in [3.05, 3.63) is 46.2 Å². The highest BCUT2D eigenvalue weighted by Gasteiger charge is 2.34. The first-order chi connectivity index (χ1) is 14.3. The Morgan fingerprint density at radius 2 is 1.77 bits per heavy atom. The summed E-state index contributed by atoms with van der Waals surface area (Å²) in [7, 11) is -4.32. The fourth-order valence-electron chi connectivity index (χ4n) is 2.48. The van der Waals surface area contributed by atoms with Gasteiger partial charge in [0.1, 0.15) is 6.54 Å². The van der Waals surface area contributed by atoms with E-state index in [9.17, 15) is 31.2 Å². The number of nitrogens with one attached hydrogen (secondary N) is 3. The van der Waals surface area contributed by atoms with Crippen molar-refractivity contribution < 1.29 is 31.2 Å². The first-order valence-corrected chi connectivity index (χ1v) is 10.6. The van der Waals surface area contributed by atoms with Crippen molar-refractivity contribution in [2.45, 2.75) is 37.9 Å². The zero-order valence-electron chi connectivity index (χ0n) is 16.4. The zero-order chi connectivity index (χ0) is 23.4. The number of amides is 2. The molecule has 9 nitrogen and oxygen atoms in total. The summed E-state index contributed by atoms with van der Waals surface area (Å²) in [6, 6.07) is 3.92. The van der Waals surface area contributed by atoms with E-state index in [1.807, 2.05) is 4.72 Å². The van der Waals surface area contributed by atoms with Crippen LogP contribution in [0, 0.1) is 13.8 Å². The van der Waals surface area contributed by atoms with Gasteiger partial charge in [0.05, 0.1) is 21.2 Å². The molecule has 1 aromatic heterocycles. The summed E-state index contributed by atoms with van der Waals surface area (Å²) in [6.45, 7) is 2.98. The summed E-state index contributed by atoms with van der Waals surface area (Å²) in [4.78, 5) is 23.0. The van der Waals surface area contributed by atoms with Gasteiger partial charge in [-0.3, -0.25) is 25.1 Å². The van der Waals surface area contributed by atoms with Crippen molar-refractivity contribution >= 4 is 33.4 Å². The average Bonchev–Trinajstić information content (AvgIpc) is 2.96. The molecule has 0 aliphatic carbocycles. The van der Waals surface area contributed by atoms with E-state index in [1.165, 1.54) is 4.68 Å². The van der Waals surface area contributed by atoms with E-state index in [0.717, 1.165) is 23.5 Å². The second kappa shape index (κ2) is 9.66. The number of carbonyl (C=O) groups is 2. The zero-order valence-corrected chi connectivity index (χ0v) is 18.0. The Morgan fingerprint density at radius 3 is 2.35 bits per heavy atom. The molecule has 0 aliphatic heterocycles. The number of alkyl halides is 3. The molecule has 1 aromatic carbocycles. The first kappa shape index (κ1) is 24.6. The van der Waals surface area contributed by atoms with Crippen molar-refractivity contribution in [3.63, 3.8) is 0 Å². The van der Waals surface area contributed by atoms with Gasteiger partial charge < -0.3 is 0 Å². The third kappa shape index (κ3) is 6.94. The van der Waals surface area contributed by atoms with Crippen LogP contribution in [0.25, 0.3) is 0 Å². The van der Waals surface area contributed by atoms with Gasteiger partial charge in [-0.25, -0.2) is 13.1 Å². The van der Waals surface area contributed by atoms with Crippen LogP contribution < -0.4 is 15.6 Å². The molecule has 0 atom stereocenters. The first-order valence-electron chi connectivity index (χ1n) is 8.75. The number of hydrazine groups is 1. The number of aryl methyl sites for hydroxylation is 2. The summed E-state index contributed by atoms with van der Waals surface area (Å²) in [5.74, 6) is -1.27. The number of benzene rings is 1. The predicted molar refractivity (Wildman–Crippen MR) is 104 cm³/mol. The number of halogens is 4. The minimum atomic E-state index is -4.83. The second-order valence-corrected chi connectivity index (χ2v) is 8.64. The van der Waals surface area contributed by atoms with E-state index in [1.54, 1.807) is 19.9 Å². The summed E-state index contributed by atoms with van der Waals surface area (Å²) in [5.41, 5.74) is 4.46. The van der Waals surface area contributed by atoms with Gasteiger partial charge in [0.15, 0.2) is 0 Å². The SMILES string of the molecule is Cc1cc(C)n(CC(=O)NNC(=O)CCNS(=O)(=O)c2ccc(Cl)c(C(F)(F)F)c2)n1. The van der Waals surface area contributed by atoms with E-state index in [0.29, 0.717) is 6.07 Å². The summed E-state index contributed by atoms with van der Waals surface area (Å²) >= 11 is 5.47. The van der Waals surface area contributed by atoms with Crippen molar-refractivity contribution in [1.29, 1.82) is 0 Å². The normalized spacial score (nSPS) is 11.9. The minimum absolute atomic E-state index is 0.134. The highest BCUT2D eigenvalue weighted by molar-refractivity contribution is 7.89. The highest BCUT2D eigenvalue weighted by atomic mass is 35.5. The van der Waals surface area contributed by atoms with Crippen LogP contribution in [-0.4, -0.2) is 36.6 Å². The Hall–Kier alpha value is -2.64. The number of carbonyl (C=O) groups excluding carboxylic acids is 2. The lowest BCUT2D eigenvalue weighted by Crippen LogP contribution is -2.44. The maximum Gasteiger partial charge on any atom is 0.417 e. The lowest BCUT2D eigenvalue weighted by molar-refractivity contribution is -0.137. The quantitative estimate of drug-likeness (QED) is 0.519. The average molecular weight is 482 g/mol. The molecule has 170 valence electrons. The lowest BCUT2D eigenvalue weighted by atomic mass is 10.2. The molecule has 3 N–H and O–H groups in total. The van der Waals surface area contributed by atoms with Crippen LogP contribution in [-0.2, 0) is 32.3 Å². The van der Waals surface area contributed by atoms with Crippen LogP contribution in [0.15, 0.2) is 29.2 Å². The number of sulfonamides is 1. The Morgan fingerprint density at radius 1 is 1.13 bits per heavy atom. The Bertz CT molecular complexity index is 1090. The standard InChI is InChI=1S/C17H19ClF3N5O4S/c1-10-7-11(2)26(25-10)9-16(28)24-23-15(27)5-6-22-31(29,30)12-3-4-14(18)13(8-12)17(19,20)21/h3-4,7-8,22H,5-6,9H2,1-2H3,(H,23,27)(H,24,28). The van der Waals surface area contributed by atoms with Gasteiger partial charge in [0, 0.05) is 18.7 Å². The number of rotatable bonds is 7. The molecule has 0 fully saturated rings. The molecule has 0 spiro atoms. The van der Waals surface area contributed by atoms with E-state index in [4.69, 9.17) is 11.6 Å². The molecule has 2 rings (SSSR count). The highest BCUT2D eigenvalue weighted by Crippen LogP contribution is 2.35. The summed E-state index contributed by atoms with van der Waals surface area (Å²) < 4.78 is 66.5. The third-order valence-electron chi connectivity index (χ3n) is 3.94. The van der Waals surface area contributed by atoms with Gasteiger partial charge in [0.25, 0.3) is 5.91 Å². The molecule has 0 unspecified atom stereocenters. The Labute approximate surface area is 181 Å². The van der Waals surface area contributed by atoms with Crippen LogP contribution >= 0.6 is 11.6 Å². The van der Waals surface area contributed by atoms with Gasteiger partial charge >= 0.3 is 6.18 Å². The molecule has 2 aromatic rings. The minimum Gasteiger partial charge on any atom is -0.273 e. The number of aromatic nitrogens is 2. The Balaban J connectivity index is 1.84. The summed E-state index contributed by atoms with van der Waals surface area (Å²) in [5, 5.41) is 3.46. The second-order valence-electron chi connectivity index (χ2n) is 6.47.